The van der Waals surface area contributed by atoms with Gasteiger partial charge in [0.15, 0.2) is 12.4 Å². The van der Waals surface area contributed by atoms with Crippen LogP contribution in [0.4, 0.5) is 0 Å². The van der Waals surface area contributed by atoms with Gasteiger partial charge in [-0.3, -0.25) is 9.59 Å². The molecule has 1 saturated heterocycles. The third-order valence-electron chi connectivity index (χ3n) is 15.4. The van der Waals surface area contributed by atoms with Gasteiger partial charge in [-0.05, 0) is 25.7 Å². The molecule has 1 aliphatic heterocycles. The van der Waals surface area contributed by atoms with E-state index in [2.05, 4.69) is 26.1 Å². The maximum Gasteiger partial charge on any atom is 0.306 e. The Kier molecular flexibility index (Phi) is 49.6. The van der Waals surface area contributed by atoms with E-state index in [-0.39, 0.29) is 13.0 Å². The van der Waals surface area contributed by atoms with Crippen LogP contribution >= 0.6 is 0 Å². The Bertz CT molecular complexity index is 1250. The Morgan fingerprint density at radius 1 is 0.514 bits per heavy atom. The zero-order chi connectivity index (χ0) is 54.0. The molecule has 11 heteroatoms. The Morgan fingerprint density at radius 3 is 1.27 bits per heavy atom. The molecule has 8 atom stereocenters. The van der Waals surface area contributed by atoms with Gasteiger partial charge in [0.25, 0.3) is 0 Å². The molecule has 0 aromatic rings. The van der Waals surface area contributed by atoms with Crippen LogP contribution in [0.5, 0.6) is 0 Å². The maximum absolute atomic E-state index is 13.4. The molecule has 6 N–H and O–H groups in total. The molecule has 0 aliphatic carbocycles. The summed E-state index contributed by atoms with van der Waals surface area (Å²) in [6, 6.07) is -1.02. The van der Waals surface area contributed by atoms with Crippen molar-refractivity contribution in [2.24, 2.45) is 0 Å². The van der Waals surface area contributed by atoms with Crippen molar-refractivity contribution < 1.29 is 49.3 Å². The van der Waals surface area contributed by atoms with Gasteiger partial charge in [-0.25, -0.2) is 0 Å². The molecule has 0 aromatic heterocycles. The normalized spacial score (nSPS) is 19.3. The summed E-state index contributed by atoms with van der Waals surface area (Å²) in [6.07, 6.45) is 48.2. The van der Waals surface area contributed by atoms with Crippen LogP contribution in [0.25, 0.3) is 0 Å². The second kappa shape index (κ2) is 52.1. The Morgan fingerprint density at radius 2 is 0.878 bits per heavy atom. The average molecular weight is 1050 g/mol. The lowest BCUT2D eigenvalue weighted by Crippen LogP contribution is -2.61. The number of unbranched alkanes of at least 4 members (excludes halogenated alkanes) is 41. The number of allylic oxidation sites excluding steroid dienone is 1. The van der Waals surface area contributed by atoms with Crippen molar-refractivity contribution in [1.29, 1.82) is 0 Å². The van der Waals surface area contributed by atoms with E-state index >= 15 is 0 Å². The molecule has 74 heavy (non-hydrogen) atoms. The average Bonchev–Trinajstić information content (AvgIpc) is 3.40. The predicted octanol–water partition coefficient (Wildman–Crippen LogP) is 15.1. The lowest BCUT2D eigenvalue weighted by atomic mass is 9.99. The highest BCUT2D eigenvalue weighted by atomic mass is 16.7. The Labute approximate surface area is 455 Å². The van der Waals surface area contributed by atoms with Crippen LogP contribution in [-0.2, 0) is 23.8 Å². The fourth-order valence-corrected chi connectivity index (χ4v) is 10.4. The van der Waals surface area contributed by atoms with Crippen LogP contribution in [-0.4, -0.2) is 99.6 Å². The van der Waals surface area contributed by atoms with Crippen LogP contribution in [0.1, 0.15) is 316 Å². The molecule has 1 rings (SSSR count). The van der Waals surface area contributed by atoms with Crippen molar-refractivity contribution in [3.05, 3.63) is 12.2 Å². The molecule has 0 spiro atoms. The van der Waals surface area contributed by atoms with Crippen LogP contribution in [0.3, 0.4) is 0 Å². The summed E-state index contributed by atoms with van der Waals surface area (Å²) < 4.78 is 17.6. The summed E-state index contributed by atoms with van der Waals surface area (Å²) in [5.41, 5.74) is 0. The number of rotatable bonds is 55. The van der Waals surface area contributed by atoms with Gasteiger partial charge in [0.2, 0.25) is 5.91 Å². The largest absolute Gasteiger partial charge is 0.454 e. The number of esters is 1. The van der Waals surface area contributed by atoms with Gasteiger partial charge in [0.1, 0.15) is 24.4 Å². The molecule has 1 fully saturated rings. The monoisotopic (exact) mass is 1050 g/mol. The van der Waals surface area contributed by atoms with Crippen LogP contribution < -0.4 is 5.32 Å². The number of amides is 1. The van der Waals surface area contributed by atoms with Crippen molar-refractivity contribution in [3.8, 4) is 0 Å². The molecule has 1 heterocycles. The first kappa shape index (κ1) is 70.4. The number of aliphatic hydroxyl groups is 5. The smallest absolute Gasteiger partial charge is 0.306 e. The van der Waals surface area contributed by atoms with Crippen molar-refractivity contribution in [2.75, 3.05) is 13.2 Å². The first-order valence-corrected chi connectivity index (χ1v) is 32.0. The van der Waals surface area contributed by atoms with Crippen LogP contribution in [0.15, 0.2) is 12.2 Å². The molecular weight excluding hydrogens is 931 g/mol. The molecule has 1 amide bonds. The highest BCUT2D eigenvalue weighted by Gasteiger charge is 2.47. The summed E-state index contributed by atoms with van der Waals surface area (Å²) in [6.45, 7) is 5.83. The summed E-state index contributed by atoms with van der Waals surface area (Å²) in [5, 5.41) is 57.0. The number of carbonyl (C=O) groups excluding carboxylic acids is 2. The van der Waals surface area contributed by atoms with E-state index in [0.717, 1.165) is 57.8 Å². The quantitative estimate of drug-likeness (QED) is 0.0195. The van der Waals surface area contributed by atoms with Gasteiger partial charge in [-0.15, -0.1) is 0 Å². The fourth-order valence-electron chi connectivity index (χ4n) is 10.4. The topological polar surface area (TPSA) is 175 Å². The number of ether oxygens (including phenoxy) is 3. The number of aliphatic hydroxyl groups excluding tert-OH is 5. The van der Waals surface area contributed by atoms with E-state index in [1.165, 1.54) is 212 Å². The Hall–Kier alpha value is -1.60. The van der Waals surface area contributed by atoms with Crippen LogP contribution in [0, 0.1) is 0 Å². The minimum atomic E-state index is -1.61. The first-order valence-electron chi connectivity index (χ1n) is 32.0. The summed E-state index contributed by atoms with van der Waals surface area (Å²) >= 11 is 0. The number of hydrogen-bond donors (Lipinski definition) is 6. The highest BCUT2D eigenvalue weighted by Crippen LogP contribution is 2.26. The molecule has 0 saturated carbocycles. The van der Waals surface area contributed by atoms with E-state index in [4.69, 9.17) is 14.2 Å². The van der Waals surface area contributed by atoms with E-state index in [9.17, 15) is 35.1 Å². The third-order valence-corrected chi connectivity index (χ3v) is 15.4. The standard InChI is InChI=1S/C63H121NO10/c1-4-7-10-13-16-19-22-25-26-27-28-29-30-33-36-39-42-45-48-51-58(68)74-61-60(70)59(69)57(52-65)73-63(61)72-53-54(55(66)49-46-43-40-37-34-31-23-20-17-14-11-8-5-2)64-62(71)56(67)50-47-44-41-38-35-32-24-21-18-15-12-9-6-3/h46,49,54-57,59-61,63,65-67,69-70H,4-45,47-48,50-53H2,1-3H3,(H,64,71)/b49-46+. The van der Waals surface area contributed by atoms with E-state index in [0.29, 0.717) is 19.3 Å². The second-order valence-electron chi connectivity index (χ2n) is 22.5. The van der Waals surface area contributed by atoms with Gasteiger partial charge < -0.3 is 45.1 Å². The summed E-state index contributed by atoms with van der Waals surface area (Å²) in [7, 11) is 0. The molecule has 0 aromatic carbocycles. The molecule has 0 bridgehead atoms. The van der Waals surface area contributed by atoms with E-state index in [1.54, 1.807) is 6.08 Å². The minimum absolute atomic E-state index is 0.132. The number of carbonyl (C=O) groups is 2. The molecular formula is C63H121NO10. The van der Waals surface area contributed by atoms with Gasteiger partial charge >= 0.3 is 5.97 Å². The van der Waals surface area contributed by atoms with Gasteiger partial charge in [0, 0.05) is 6.42 Å². The first-order chi connectivity index (χ1) is 36.2. The lowest BCUT2D eigenvalue weighted by Gasteiger charge is -2.41. The molecule has 438 valence electrons. The van der Waals surface area contributed by atoms with Crippen LogP contribution in [0.2, 0.25) is 0 Å². The number of nitrogens with one attached hydrogen (secondary N) is 1. The summed E-state index contributed by atoms with van der Waals surface area (Å²) in [5.74, 6) is -1.18. The third kappa shape index (κ3) is 39.7. The zero-order valence-corrected chi connectivity index (χ0v) is 48.5. The second-order valence-corrected chi connectivity index (χ2v) is 22.5. The Balaban J connectivity index is 2.65. The van der Waals surface area contributed by atoms with Gasteiger partial charge in [-0.1, -0.05) is 296 Å². The predicted molar refractivity (Wildman–Crippen MR) is 306 cm³/mol. The highest BCUT2D eigenvalue weighted by molar-refractivity contribution is 5.80. The molecule has 11 nitrogen and oxygen atoms in total. The van der Waals surface area contributed by atoms with E-state index < -0.39 is 67.4 Å². The summed E-state index contributed by atoms with van der Waals surface area (Å²) in [4.78, 5) is 26.5. The van der Waals surface area contributed by atoms with Crippen molar-refractivity contribution >= 4 is 11.9 Å². The van der Waals surface area contributed by atoms with Crippen molar-refractivity contribution in [3.63, 3.8) is 0 Å². The van der Waals surface area contributed by atoms with E-state index in [1.807, 2.05) is 6.08 Å². The molecule has 1 aliphatic rings. The fraction of sp³-hybridized carbons (Fsp3) is 0.937. The SMILES string of the molecule is CCCCCCCCCCCCC/C=C/C(O)C(COC1OC(CO)C(O)C(O)C1OC(=O)CCCCCCCCCCCCCCCCCCCCC)NC(=O)C(O)CCCCCCCCCCCCCCC. The number of hydrogen-bond acceptors (Lipinski definition) is 10. The maximum atomic E-state index is 13.4. The minimum Gasteiger partial charge on any atom is -0.454 e. The zero-order valence-electron chi connectivity index (χ0n) is 48.5. The van der Waals surface area contributed by atoms with Crippen molar-refractivity contribution in [2.45, 2.75) is 365 Å². The van der Waals surface area contributed by atoms with Gasteiger partial charge in [0.05, 0.1) is 25.4 Å². The van der Waals surface area contributed by atoms with Crippen molar-refractivity contribution in [1.82, 2.24) is 5.32 Å². The lowest BCUT2D eigenvalue weighted by molar-refractivity contribution is -0.305. The molecule has 0 radical (unpaired) electrons. The molecule has 8 unspecified atom stereocenters. The van der Waals surface area contributed by atoms with Gasteiger partial charge in [-0.2, -0.15) is 0 Å².